The summed E-state index contributed by atoms with van der Waals surface area (Å²) in [6.45, 7) is 12.6. The predicted molar refractivity (Wildman–Crippen MR) is 51.4 cm³/mol. The molecule has 0 heterocycles. The quantitative estimate of drug-likeness (QED) is 0.386. The van der Waals surface area contributed by atoms with Gasteiger partial charge in [0.1, 0.15) is 0 Å². The summed E-state index contributed by atoms with van der Waals surface area (Å²) in [5, 5.41) is 0. The summed E-state index contributed by atoms with van der Waals surface area (Å²) in [6.07, 6.45) is 2.16. The van der Waals surface area contributed by atoms with Gasteiger partial charge in [-0.3, -0.25) is 0 Å². The minimum absolute atomic E-state index is 0. The third kappa shape index (κ3) is 10.7. The largest absolute Gasteiger partial charge is 0.0885 e. The van der Waals surface area contributed by atoms with Gasteiger partial charge in [0.2, 0.25) is 0 Å². The molecule has 0 aliphatic rings. The number of allylic oxidation sites excluding steroid dienone is 2. The number of hydrogen-bond acceptors (Lipinski definition) is 0. The monoisotopic (exact) mass is 139 g/mol. The van der Waals surface area contributed by atoms with Crippen LogP contribution < -0.4 is 0 Å². The van der Waals surface area contributed by atoms with Crippen LogP contribution >= 0.6 is 0 Å². The van der Waals surface area contributed by atoms with Crippen LogP contribution in [0.2, 0.25) is 0 Å². The zero-order valence-corrected chi connectivity index (χ0v) is 8.23. The fourth-order valence-electron chi connectivity index (χ4n) is 0.333. The van der Waals surface area contributed by atoms with E-state index >= 15 is 0 Å². The lowest BCUT2D eigenvalue weighted by atomic mass is 10.1. The van der Waals surface area contributed by atoms with E-state index in [9.17, 15) is 0 Å². The van der Waals surface area contributed by atoms with Crippen LogP contribution in [-0.4, -0.2) is 8.41 Å². The fourth-order valence-corrected chi connectivity index (χ4v) is 0.333. The standard InChI is InChI=1S/C7H14.C2H6.B/c1-5-7(4)6(2)3;1-2;/h5-6H,1-4H3;1-2H3;/b7-5+;;. The van der Waals surface area contributed by atoms with Gasteiger partial charge in [0.25, 0.3) is 0 Å². The number of hydrogen-bond donors (Lipinski definition) is 0. The van der Waals surface area contributed by atoms with Gasteiger partial charge < -0.3 is 0 Å². The summed E-state index contributed by atoms with van der Waals surface area (Å²) in [7, 11) is 0. The Hall–Kier alpha value is -0.195. The molecule has 0 nitrogen and oxygen atoms in total. The Bertz CT molecular complexity index is 72.8. The Morgan fingerprint density at radius 1 is 1.20 bits per heavy atom. The van der Waals surface area contributed by atoms with Gasteiger partial charge in [-0.15, -0.1) is 0 Å². The molecule has 0 aliphatic heterocycles. The van der Waals surface area contributed by atoms with E-state index in [4.69, 9.17) is 0 Å². The highest BCUT2D eigenvalue weighted by Gasteiger charge is 1.90. The molecule has 0 N–H and O–H groups in total. The van der Waals surface area contributed by atoms with Crippen LogP contribution in [0.4, 0.5) is 0 Å². The van der Waals surface area contributed by atoms with Crippen LogP contribution in [0.1, 0.15) is 41.5 Å². The first-order valence-corrected chi connectivity index (χ1v) is 3.81. The molecule has 0 saturated carbocycles. The van der Waals surface area contributed by atoms with E-state index in [1.54, 1.807) is 0 Å². The van der Waals surface area contributed by atoms with Crippen LogP contribution in [0.25, 0.3) is 0 Å². The topological polar surface area (TPSA) is 0 Å². The first-order valence-electron chi connectivity index (χ1n) is 3.81. The maximum absolute atomic E-state index is 2.20. The average Bonchev–Trinajstić information content (AvgIpc) is 1.91. The molecular weight excluding hydrogens is 119 g/mol. The second kappa shape index (κ2) is 11.6. The molecule has 0 aliphatic carbocycles. The van der Waals surface area contributed by atoms with E-state index in [1.165, 1.54) is 5.57 Å². The molecular formula is C9H20B. The molecule has 0 fully saturated rings. The molecule has 10 heavy (non-hydrogen) atoms. The zero-order chi connectivity index (χ0) is 7.86. The normalized spacial score (nSPS) is 9.70. The summed E-state index contributed by atoms with van der Waals surface area (Å²) in [4.78, 5) is 0. The predicted octanol–water partition coefficient (Wildman–Crippen LogP) is 3.25. The Balaban J connectivity index is -0.000000149. The highest BCUT2D eigenvalue weighted by molar-refractivity contribution is 5.75. The van der Waals surface area contributed by atoms with Gasteiger partial charge in [0, 0.05) is 8.41 Å². The highest BCUT2D eigenvalue weighted by atomic mass is 14.0. The maximum Gasteiger partial charge on any atom is 0 e. The SMILES string of the molecule is C/C=C(\C)C(C)C.CC.[B]. The molecule has 0 saturated heterocycles. The van der Waals surface area contributed by atoms with Gasteiger partial charge in [-0.1, -0.05) is 39.3 Å². The maximum atomic E-state index is 2.20. The van der Waals surface area contributed by atoms with Crippen LogP contribution in [0.15, 0.2) is 11.6 Å². The zero-order valence-electron chi connectivity index (χ0n) is 8.23. The second-order valence-electron chi connectivity index (χ2n) is 2.19. The van der Waals surface area contributed by atoms with Crippen LogP contribution in [-0.2, 0) is 0 Å². The van der Waals surface area contributed by atoms with Crippen molar-refractivity contribution in [3.8, 4) is 0 Å². The minimum atomic E-state index is 0. The molecule has 0 unspecified atom stereocenters. The van der Waals surface area contributed by atoms with Gasteiger partial charge in [-0.05, 0) is 19.8 Å². The van der Waals surface area contributed by atoms with Crippen molar-refractivity contribution in [2.24, 2.45) is 5.92 Å². The van der Waals surface area contributed by atoms with Crippen molar-refractivity contribution in [2.45, 2.75) is 41.5 Å². The van der Waals surface area contributed by atoms with Gasteiger partial charge in [-0.25, -0.2) is 0 Å². The third-order valence-corrected chi connectivity index (χ3v) is 1.37. The molecule has 3 radical (unpaired) electrons. The summed E-state index contributed by atoms with van der Waals surface area (Å²) in [5.41, 5.74) is 1.47. The van der Waals surface area contributed by atoms with E-state index in [1.807, 2.05) is 13.8 Å². The summed E-state index contributed by atoms with van der Waals surface area (Å²) in [6, 6.07) is 0. The lowest BCUT2D eigenvalue weighted by Crippen LogP contribution is -1.85. The summed E-state index contributed by atoms with van der Waals surface area (Å²) < 4.78 is 0. The smallest absolute Gasteiger partial charge is 0 e. The van der Waals surface area contributed by atoms with Gasteiger partial charge in [0.15, 0.2) is 0 Å². The molecule has 0 atom stereocenters. The second-order valence-corrected chi connectivity index (χ2v) is 2.19. The van der Waals surface area contributed by atoms with Crippen molar-refractivity contribution in [1.29, 1.82) is 0 Å². The Kier molecular flexibility index (Phi) is 19.0. The van der Waals surface area contributed by atoms with Crippen molar-refractivity contribution >= 4 is 8.41 Å². The van der Waals surface area contributed by atoms with Crippen molar-refractivity contribution in [1.82, 2.24) is 0 Å². The Morgan fingerprint density at radius 3 is 1.50 bits per heavy atom. The van der Waals surface area contributed by atoms with Crippen molar-refractivity contribution in [3.63, 3.8) is 0 Å². The van der Waals surface area contributed by atoms with E-state index in [0.29, 0.717) is 0 Å². The third-order valence-electron chi connectivity index (χ3n) is 1.37. The molecule has 0 aromatic rings. The van der Waals surface area contributed by atoms with Gasteiger partial charge in [-0.2, -0.15) is 0 Å². The van der Waals surface area contributed by atoms with Crippen molar-refractivity contribution in [3.05, 3.63) is 11.6 Å². The van der Waals surface area contributed by atoms with Crippen LogP contribution in [0.5, 0.6) is 0 Å². The lowest BCUT2D eigenvalue weighted by molar-refractivity contribution is 0.767. The van der Waals surface area contributed by atoms with E-state index in [2.05, 4.69) is 33.8 Å². The lowest BCUT2D eigenvalue weighted by Gasteiger charge is -2.00. The Morgan fingerprint density at radius 2 is 1.50 bits per heavy atom. The first-order chi connectivity index (χ1) is 4.18. The van der Waals surface area contributed by atoms with Crippen molar-refractivity contribution < 1.29 is 0 Å². The molecule has 0 bridgehead atoms. The van der Waals surface area contributed by atoms with Crippen molar-refractivity contribution in [2.75, 3.05) is 0 Å². The molecule has 0 aromatic carbocycles. The molecule has 0 aromatic heterocycles. The first kappa shape index (κ1) is 16.4. The van der Waals surface area contributed by atoms with Crippen LogP contribution in [0, 0.1) is 5.92 Å². The molecule has 1 heteroatoms. The van der Waals surface area contributed by atoms with Gasteiger partial charge in [0.05, 0.1) is 0 Å². The average molecular weight is 139 g/mol. The van der Waals surface area contributed by atoms with Gasteiger partial charge >= 0.3 is 0 Å². The Labute approximate surface area is 68.3 Å². The summed E-state index contributed by atoms with van der Waals surface area (Å²) in [5.74, 6) is 0.727. The van der Waals surface area contributed by atoms with E-state index in [-0.39, 0.29) is 8.41 Å². The molecule has 0 amide bonds. The molecule has 0 rings (SSSR count). The fraction of sp³-hybridized carbons (Fsp3) is 0.778. The van der Waals surface area contributed by atoms with E-state index in [0.717, 1.165) is 5.92 Å². The highest BCUT2D eigenvalue weighted by Crippen LogP contribution is 2.05. The van der Waals surface area contributed by atoms with Crippen LogP contribution in [0.3, 0.4) is 0 Å². The molecule has 59 valence electrons. The van der Waals surface area contributed by atoms with E-state index < -0.39 is 0 Å². The molecule has 0 spiro atoms. The minimum Gasteiger partial charge on any atom is -0.0885 e. The summed E-state index contributed by atoms with van der Waals surface area (Å²) >= 11 is 0. The number of rotatable bonds is 1.